The second-order valence-corrected chi connectivity index (χ2v) is 9.52. The van der Waals surface area contributed by atoms with Gasteiger partial charge in [0.25, 0.3) is 5.56 Å². The Kier molecular flexibility index (Phi) is 9.78. The third-order valence-corrected chi connectivity index (χ3v) is 6.47. The summed E-state index contributed by atoms with van der Waals surface area (Å²) in [5.41, 5.74) is -2.88. The number of hydrogen-bond donors (Lipinski definition) is 2. The van der Waals surface area contributed by atoms with Crippen LogP contribution < -0.4 is 15.8 Å². The van der Waals surface area contributed by atoms with E-state index in [0.29, 0.717) is 31.5 Å². The topological polar surface area (TPSA) is 116 Å². The van der Waals surface area contributed by atoms with Gasteiger partial charge in [0.15, 0.2) is 0 Å². The van der Waals surface area contributed by atoms with Gasteiger partial charge in [0.05, 0.1) is 24.5 Å². The van der Waals surface area contributed by atoms with Gasteiger partial charge in [0, 0.05) is 57.6 Å². The maximum Gasteiger partial charge on any atom is 0.421 e. The second kappa shape index (κ2) is 13.3. The van der Waals surface area contributed by atoms with Crippen LogP contribution in [0.3, 0.4) is 0 Å². The quantitative estimate of drug-likeness (QED) is 0.342. The lowest BCUT2D eigenvalue weighted by atomic mass is 10.1. The molecule has 1 amide bonds. The molecular formula is C26H27F6N7O3. The van der Waals surface area contributed by atoms with E-state index in [1.54, 1.807) is 9.80 Å². The number of halogens is 6. The third-order valence-electron chi connectivity index (χ3n) is 6.47. The van der Waals surface area contributed by atoms with Gasteiger partial charge in [-0.3, -0.25) is 9.59 Å². The number of ether oxygens (including phenoxy) is 1. The first-order chi connectivity index (χ1) is 19.9. The molecule has 1 fully saturated rings. The molecular weight excluding hydrogens is 572 g/mol. The number of amides is 1. The van der Waals surface area contributed by atoms with Crippen molar-refractivity contribution in [3.8, 4) is 0 Å². The standard InChI is InChI=1S/C26H27F6N7O3/c27-25(28,29)18-12-34-24(35-13-18)39-8-6-38(7-9-39)22(40)11-20(16-42-15-17-4-2-1-3-5-17)33-14-19-10-21(26(30,31)32)23(41)37-36-19/h1-5,10,12-13,20,33H,6-9,11,14-16H2,(H,37,41)/t20-/m1/s1. The number of benzene rings is 1. The zero-order valence-electron chi connectivity index (χ0n) is 22.1. The molecule has 1 aromatic carbocycles. The van der Waals surface area contributed by atoms with Crippen molar-refractivity contribution in [3.05, 3.63) is 81.5 Å². The van der Waals surface area contributed by atoms with E-state index >= 15 is 0 Å². The van der Waals surface area contributed by atoms with Crippen LogP contribution in [0.2, 0.25) is 0 Å². The Balaban J connectivity index is 1.36. The Hall–Kier alpha value is -4.05. The molecule has 0 radical (unpaired) electrons. The maximum atomic E-state index is 13.1. The van der Waals surface area contributed by atoms with Gasteiger partial charge in [-0.1, -0.05) is 30.3 Å². The molecule has 226 valence electrons. The zero-order chi connectivity index (χ0) is 30.3. The molecule has 10 nitrogen and oxygen atoms in total. The summed E-state index contributed by atoms with van der Waals surface area (Å²) in [5, 5.41) is 8.50. The Morgan fingerprint density at radius 3 is 2.29 bits per heavy atom. The lowest BCUT2D eigenvalue weighted by Gasteiger charge is -2.35. The summed E-state index contributed by atoms with van der Waals surface area (Å²) in [6.07, 6.45) is -8.04. The summed E-state index contributed by atoms with van der Waals surface area (Å²) in [5.74, 6) is -0.134. The lowest BCUT2D eigenvalue weighted by Crippen LogP contribution is -2.50. The van der Waals surface area contributed by atoms with Crippen molar-refractivity contribution >= 4 is 11.9 Å². The first kappa shape index (κ1) is 30.9. The average molecular weight is 600 g/mol. The second-order valence-electron chi connectivity index (χ2n) is 9.52. The lowest BCUT2D eigenvalue weighted by molar-refractivity contribution is -0.139. The number of rotatable bonds is 10. The summed E-state index contributed by atoms with van der Waals surface area (Å²) in [7, 11) is 0. The van der Waals surface area contributed by atoms with Gasteiger partial charge in [-0.25, -0.2) is 15.1 Å². The van der Waals surface area contributed by atoms with Crippen LogP contribution in [0.15, 0.2) is 53.6 Å². The molecule has 3 heterocycles. The van der Waals surface area contributed by atoms with Gasteiger partial charge in [0.2, 0.25) is 11.9 Å². The minimum absolute atomic E-state index is 0.0511. The Bertz CT molecular complexity index is 1380. The van der Waals surface area contributed by atoms with Crippen molar-refractivity contribution in [2.75, 3.05) is 37.7 Å². The summed E-state index contributed by atoms with van der Waals surface area (Å²) in [6.45, 7) is 1.23. The molecule has 1 atom stereocenters. The fraction of sp³-hybridized carbons (Fsp3) is 0.423. The van der Waals surface area contributed by atoms with Crippen LogP contribution in [-0.2, 0) is 35.0 Å². The highest BCUT2D eigenvalue weighted by atomic mass is 19.4. The van der Waals surface area contributed by atoms with Crippen molar-refractivity contribution in [1.82, 2.24) is 30.4 Å². The van der Waals surface area contributed by atoms with Crippen LogP contribution >= 0.6 is 0 Å². The van der Waals surface area contributed by atoms with Gasteiger partial charge < -0.3 is 19.9 Å². The van der Waals surface area contributed by atoms with E-state index in [2.05, 4.69) is 20.4 Å². The van der Waals surface area contributed by atoms with Crippen LogP contribution in [0.5, 0.6) is 0 Å². The molecule has 2 aromatic heterocycles. The normalized spacial score (nSPS) is 15.1. The van der Waals surface area contributed by atoms with Crippen LogP contribution in [0.4, 0.5) is 32.3 Å². The number of anilines is 1. The van der Waals surface area contributed by atoms with Gasteiger partial charge in [0.1, 0.15) is 5.56 Å². The number of alkyl halides is 6. The first-order valence-electron chi connectivity index (χ1n) is 12.8. The molecule has 1 aliphatic heterocycles. The van der Waals surface area contributed by atoms with Gasteiger partial charge in [-0.2, -0.15) is 31.4 Å². The highest BCUT2D eigenvalue weighted by Gasteiger charge is 2.35. The molecule has 42 heavy (non-hydrogen) atoms. The number of nitrogens with one attached hydrogen (secondary N) is 2. The van der Waals surface area contributed by atoms with Crippen LogP contribution in [-0.4, -0.2) is 69.8 Å². The van der Waals surface area contributed by atoms with Gasteiger partial charge >= 0.3 is 12.4 Å². The summed E-state index contributed by atoms with van der Waals surface area (Å²) in [4.78, 5) is 35.5. The molecule has 3 aromatic rings. The van der Waals surface area contributed by atoms with E-state index in [0.717, 1.165) is 5.56 Å². The molecule has 0 aliphatic carbocycles. The zero-order valence-corrected chi connectivity index (χ0v) is 22.1. The highest BCUT2D eigenvalue weighted by molar-refractivity contribution is 5.77. The molecule has 4 rings (SSSR count). The largest absolute Gasteiger partial charge is 0.421 e. The molecule has 16 heteroatoms. The highest BCUT2D eigenvalue weighted by Crippen LogP contribution is 2.28. The van der Waals surface area contributed by atoms with Crippen molar-refractivity contribution in [1.29, 1.82) is 0 Å². The van der Waals surface area contributed by atoms with Gasteiger partial charge in [-0.05, 0) is 11.6 Å². The minimum Gasteiger partial charge on any atom is -0.375 e. The maximum absolute atomic E-state index is 13.1. The molecule has 0 spiro atoms. The average Bonchev–Trinajstić information content (AvgIpc) is 2.96. The number of carbonyl (C=O) groups excluding carboxylic acids is 1. The van der Waals surface area contributed by atoms with E-state index in [1.807, 2.05) is 35.4 Å². The predicted molar refractivity (Wildman–Crippen MR) is 137 cm³/mol. The summed E-state index contributed by atoms with van der Waals surface area (Å²) in [6, 6.07) is 9.29. The smallest absolute Gasteiger partial charge is 0.375 e. The first-order valence-corrected chi connectivity index (χ1v) is 12.8. The van der Waals surface area contributed by atoms with E-state index in [9.17, 15) is 35.9 Å². The molecule has 0 unspecified atom stereocenters. The van der Waals surface area contributed by atoms with Crippen molar-refractivity contribution in [2.24, 2.45) is 0 Å². The fourth-order valence-corrected chi connectivity index (χ4v) is 4.21. The van der Waals surface area contributed by atoms with E-state index in [-0.39, 0.29) is 56.8 Å². The van der Waals surface area contributed by atoms with E-state index in [4.69, 9.17) is 4.74 Å². The number of nitrogens with zero attached hydrogens (tertiary/aromatic N) is 5. The van der Waals surface area contributed by atoms with Crippen LogP contribution in [0, 0.1) is 0 Å². The van der Waals surface area contributed by atoms with E-state index in [1.165, 1.54) is 0 Å². The fourth-order valence-electron chi connectivity index (χ4n) is 4.21. The number of aromatic nitrogens is 4. The number of carbonyl (C=O) groups is 1. The molecule has 0 bridgehead atoms. The number of aromatic amines is 1. The number of piperazine rings is 1. The van der Waals surface area contributed by atoms with Crippen molar-refractivity contribution in [3.63, 3.8) is 0 Å². The Morgan fingerprint density at radius 2 is 1.67 bits per heavy atom. The molecule has 0 saturated carbocycles. The van der Waals surface area contributed by atoms with Crippen LogP contribution in [0.1, 0.15) is 28.8 Å². The van der Waals surface area contributed by atoms with Gasteiger partial charge in [-0.15, -0.1) is 0 Å². The minimum atomic E-state index is -4.85. The number of H-pyrrole nitrogens is 1. The van der Waals surface area contributed by atoms with Crippen LogP contribution in [0.25, 0.3) is 0 Å². The van der Waals surface area contributed by atoms with E-state index < -0.39 is 35.1 Å². The molecule has 2 N–H and O–H groups in total. The molecule has 1 saturated heterocycles. The third kappa shape index (κ3) is 8.48. The monoisotopic (exact) mass is 599 g/mol. The SMILES string of the molecule is O=C(C[C@H](COCc1ccccc1)NCc1cc(C(F)(F)F)c(=O)[nH]n1)N1CCN(c2ncc(C(F)(F)F)cn2)CC1. The van der Waals surface area contributed by atoms with Crippen molar-refractivity contribution in [2.45, 2.75) is 38.0 Å². The summed E-state index contributed by atoms with van der Waals surface area (Å²) >= 11 is 0. The van der Waals surface area contributed by atoms with Crippen molar-refractivity contribution < 1.29 is 35.9 Å². The number of hydrogen-bond acceptors (Lipinski definition) is 8. The molecule has 1 aliphatic rings. The predicted octanol–water partition coefficient (Wildman–Crippen LogP) is 3.01. The summed E-state index contributed by atoms with van der Waals surface area (Å²) < 4.78 is 83.5. The Morgan fingerprint density at radius 1 is 1.00 bits per heavy atom. The Labute approximate surface area is 235 Å².